The summed E-state index contributed by atoms with van der Waals surface area (Å²) in [6.07, 6.45) is 0.700. The van der Waals surface area contributed by atoms with Crippen LogP contribution in [0.25, 0.3) is 87.2 Å². The molecule has 0 saturated heterocycles. The van der Waals surface area contributed by atoms with Gasteiger partial charge in [0.05, 0.1) is 72.2 Å². The number of fused-ring (bicyclic) bond motifs is 12. The van der Waals surface area contributed by atoms with Crippen molar-refractivity contribution >= 4 is 154 Å². The number of carboxylic acid groups (broad SMARTS) is 4. The molecule has 0 spiro atoms. The number of rotatable bonds is 27. The van der Waals surface area contributed by atoms with Crippen LogP contribution in [0, 0.1) is 11.6 Å². The monoisotopic (exact) mass is 1650 g/mol. The molecule has 4 aromatic heterocycles. The number of amides is 4. The molecule has 0 atom stereocenters. The van der Waals surface area contributed by atoms with Gasteiger partial charge in [-0.15, -0.1) is 0 Å². The number of carbonyl (C=O) groups is 8. The Morgan fingerprint density at radius 3 is 0.976 bits per heavy atom. The summed E-state index contributed by atoms with van der Waals surface area (Å²) in [5, 5.41) is 41.1. The SMILES string of the molecule is NC(=O)c1cccc2c1c1c(OCC(=O)O)cccc1n2CCc1cccc(Oc2ccccc2)c1.NC(=O)c1cccc2c1c1c(OCC(=O)O)cccc1n2Cc1cccc(F)c1.NC(=O)c1cccc2c1c1c(OCC(=O)O)cccc1n2Cc1ccccc1.NC(=O)c1cccc2c1c1c(OCC(=O)O)cccc1n2Cc1ccccc1F.[LiH]. The van der Waals surface area contributed by atoms with Crippen molar-refractivity contribution in [2.24, 2.45) is 22.9 Å². The van der Waals surface area contributed by atoms with Crippen LogP contribution in [0.3, 0.4) is 0 Å². The fraction of sp³-hybridized carbons (Fsp3) is 0.0947. The molecule has 4 heterocycles. The van der Waals surface area contributed by atoms with Crippen molar-refractivity contribution in [1.29, 1.82) is 0 Å². The van der Waals surface area contributed by atoms with Gasteiger partial charge in [-0.3, -0.25) is 19.2 Å². The Morgan fingerprint density at radius 1 is 0.293 bits per heavy atom. The van der Waals surface area contributed by atoms with Gasteiger partial charge in [-0.25, -0.2) is 28.0 Å². The van der Waals surface area contributed by atoms with Crippen molar-refractivity contribution in [2.45, 2.75) is 32.6 Å². The number of carbonyl (C=O) groups excluding carboxylic acids is 4. The first-order chi connectivity index (χ1) is 59.0. The van der Waals surface area contributed by atoms with Crippen LogP contribution in [0.1, 0.15) is 63.7 Å². The van der Waals surface area contributed by atoms with E-state index >= 15 is 0 Å². The second-order valence-corrected chi connectivity index (χ2v) is 28.0. The maximum atomic E-state index is 14.3. The number of ether oxygens (including phenoxy) is 5. The Hall–Kier alpha value is -15.7. The standard InChI is InChI=1S/C29H24N2O5.2C22H17FN2O4.C22H18N2O4.Li.H/c30-29(34)22-11-5-12-23-27(22)28-24(13-6-14-25(28)35-18-26(32)33)31(23)16-15-19-7-4-10-21(17-19)36-20-8-2-1-3-9-20;23-14-5-1-4-13(10-14)11-25-16-7-2-6-15(22(24)28)20(16)21-17(25)8-3-9-18(21)29-12-19(26)27;23-15-7-2-1-5-13(15)11-25-16-8-3-6-14(22(24)28)20(16)21-17(25)9-4-10-18(21)29-12-19(26)27;23-22(27)15-8-4-9-16-20(15)21-17(10-5-11-18(21)28-13-19(25)26)24(16)12-14-6-2-1-3-7-14;;/h1-14,17H,15-16,18H2,(H2,30,34)(H,32,33);2*1-10H,11-12H2,(H2,24,28)(H,26,27);1-11H,12-13H2,(H2,23,27)(H,25,26);;. The number of aryl methyl sites for hydroxylation is 2. The minimum absolute atomic E-state index is 0. The average Bonchev–Trinajstić information content (AvgIpc) is 1.61. The number of hydrogen-bond acceptors (Lipinski definition) is 13. The molecule has 28 heteroatoms. The van der Waals surface area contributed by atoms with Crippen molar-refractivity contribution in [1.82, 2.24) is 18.3 Å². The molecule has 17 rings (SSSR count). The van der Waals surface area contributed by atoms with E-state index < -0.39 is 73.9 Å². The topological polar surface area (TPSA) is 387 Å². The number of aromatic nitrogens is 4. The molecule has 12 N–H and O–H groups in total. The molecule has 0 aliphatic rings. The van der Waals surface area contributed by atoms with Gasteiger partial charge in [0.2, 0.25) is 23.6 Å². The molecule has 0 radical (unpaired) electrons. The Morgan fingerprint density at radius 2 is 0.593 bits per heavy atom. The number of benzene rings is 13. The Labute approximate surface area is 710 Å². The fourth-order valence-corrected chi connectivity index (χ4v) is 15.2. The number of primary amides is 4. The molecule has 0 bridgehead atoms. The predicted octanol–water partition coefficient (Wildman–Crippen LogP) is 15.2. The number of aliphatic carboxylic acids is 4. The van der Waals surface area contributed by atoms with E-state index in [2.05, 4.69) is 9.13 Å². The number of carboxylic acids is 4. The summed E-state index contributed by atoms with van der Waals surface area (Å²) in [6, 6.07) is 82.6. The third-order valence-corrected chi connectivity index (χ3v) is 20.2. The summed E-state index contributed by atoms with van der Waals surface area (Å²) in [7, 11) is 0. The van der Waals surface area contributed by atoms with Gasteiger partial charge in [0.1, 0.15) is 46.1 Å². The van der Waals surface area contributed by atoms with Crippen LogP contribution >= 0.6 is 0 Å². The van der Waals surface area contributed by atoms with Crippen molar-refractivity contribution < 1.29 is 91.2 Å². The molecular formula is C95H77F2LiN8O17. The van der Waals surface area contributed by atoms with E-state index in [1.165, 1.54) is 18.2 Å². The summed E-state index contributed by atoms with van der Waals surface area (Å²) in [6.45, 7) is -0.237. The quantitative estimate of drug-likeness (QED) is 0.0222. The molecule has 4 amide bonds. The second kappa shape index (κ2) is 37.9. The van der Waals surface area contributed by atoms with Crippen molar-refractivity contribution in [2.75, 3.05) is 26.4 Å². The zero-order chi connectivity index (χ0) is 85.8. The molecule has 614 valence electrons. The van der Waals surface area contributed by atoms with Crippen LogP contribution < -0.4 is 46.6 Å². The molecule has 0 saturated carbocycles. The van der Waals surface area contributed by atoms with Gasteiger partial charge in [0.25, 0.3) is 0 Å². The molecule has 25 nitrogen and oxygen atoms in total. The number of halogens is 2. The van der Waals surface area contributed by atoms with Crippen molar-refractivity contribution in [3.8, 4) is 34.5 Å². The van der Waals surface area contributed by atoms with Gasteiger partial charge in [-0.05, 0) is 163 Å². The van der Waals surface area contributed by atoms with Gasteiger partial charge in [-0.1, -0.05) is 140 Å². The molecule has 0 aliphatic heterocycles. The molecule has 123 heavy (non-hydrogen) atoms. The van der Waals surface area contributed by atoms with E-state index in [0.29, 0.717) is 131 Å². The molecule has 13 aromatic carbocycles. The van der Waals surface area contributed by atoms with Crippen LogP contribution in [-0.4, -0.2) is 131 Å². The fourth-order valence-electron chi connectivity index (χ4n) is 15.2. The predicted molar refractivity (Wildman–Crippen MR) is 465 cm³/mol. The second-order valence-electron chi connectivity index (χ2n) is 28.0. The van der Waals surface area contributed by atoms with Gasteiger partial charge in [0, 0.05) is 69.0 Å². The zero-order valence-electron chi connectivity index (χ0n) is 64.9. The van der Waals surface area contributed by atoms with E-state index in [1.54, 1.807) is 109 Å². The van der Waals surface area contributed by atoms with Gasteiger partial charge in [-0.2, -0.15) is 0 Å². The molecular weight excluding hydrogens is 1570 g/mol. The van der Waals surface area contributed by atoms with Crippen LogP contribution in [0.15, 0.2) is 279 Å². The van der Waals surface area contributed by atoms with E-state index in [4.69, 9.17) is 67.0 Å². The van der Waals surface area contributed by atoms with E-state index in [9.17, 15) is 47.1 Å². The minimum atomic E-state index is -1.12. The summed E-state index contributed by atoms with van der Waals surface area (Å²) >= 11 is 0. The maximum absolute atomic E-state index is 14.3. The Kier molecular flexibility index (Phi) is 26.2. The first kappa shape index (κ1) is 85.2. The van der Waals surface area contributed by atoms with Gasteiger partial charge >= 0.3 is 42.7 Å². The van der Waals surface area contributed by atoms with Crippen molar-refractivity contribution in [3.05, 3.63) is 335 Å². The number of hydrogen-bond donors (Lipinski definition) is 8. The van der Waals surface area contributed by atoms with Crippen LogP contribution in [0.5, 0.6) is 34.5 Å². The van der Waals surface area contributed by atoms with Gasteiger partial charge < -0.3 is 85.3 Å². The first-order valence-corrected chi connectivity index (χ1v) is 38.1. The van der Waals surface area contributed by atoms with Crippen LogP contribution in [0.4, 0.5) is 8.78 Å². The van der Waals surface area contributed by atoms with E-state index in [-0.39, 0.29) is 42.6 Å². The average molecular weight is 1650 g/mol. The van der Waals surface area contributed by atoms with E-state index in [0.717, 1.165) is 55.8 Å². The first-order valence-electron chi connectivity index (χ1n) is 38.1. The normalized spacial score (nSPS) is 10.9. The summed E-state index contributed by atoms with van der Waals surface area (Å²) in [5.74, 6) is -4.41. The summed E-state index contributed by atoms with van der Waals surface area (Å²) in [5.41, 5.74) is 33.4. The summed E-state index contributed by atoms with van der Waals surface area (Å²) in [4.78, 5) is 92.6. The van der Waals surface area contributed by atoms with E-state index in [1.807, 2.05) is 161 Å². The Balaban J connectivity index is 0.000000141. The number of nitrogens with two attached hydrogens (primary N) is 4. The zero-order valence-corrected chi connectivity index (χ0v) is 64.9. The Bertz CT molecular complexity index is 6950. The number of nitrogens with zero attached hydrogens (tertiary/aromatic N) is 4. The van der Waals surface area contributed by atoms with Crippen molar-refractivity contribution in [3.63, 3.8) is 0 Å². The number of para-hydroxylation sites is 1. The third-order valence-electron chi connectivity index (χ3n) is 20.2. The van der Waals surface area contributed by atoms with Crippen LogP contribution in [0.2, 0.25) is 0 Å². The molecule has 17 aromatic rings. The molecule has 0 fully saturated rings. The molecule has 0 unspecified atom stereocenters. The third kappa shape index (κ3) is 18.7. The summed E-state index contributed by atoms with van der Waals surface area (Å²) < 4.78 is 64.0. The van der Waals surface area contributed by atoms with Gasteiger partial charge in [0.15, 0.2) is 26.4 Å². The van der Waals surface area contributed by atoms with Crippen LogP contribution in [-0.2, 0) is 51.8 Å². The molecule has 0 aliphatic carbocycles.